The first kappa shape index (κ1) is 13.1. The second-order valence-corrected chi connectivity index (χ2v) is 6.10. The molecule has 0 saturated carbocycles. The van der Waals surface area contributed by atoms with Crippen molar-refractivity contribution in [1.82, 2.24) is 0 Å². The van der Waals surface area contributed by atoms with E-state index in [1.165, 1.54) is 28.1 Å². The molecule has 1 aliphatic rings. The predicted octanol–water partition coefficient (Wildman–Crippen LogP) is 4.30. The smallest absolute Gasteiger partial charge is 0.197 e. The van der Waals surface area contributed by atoms with Gasteiger partial charge in [0.2, 0.25) is 5.69 Å². The summed E-state index contributed by atoms with van der Waals surface area (Å²) in [6.45, 7) is 6.83. The van der Waals surface area contributed by atoms with Crippen LogP contribution in [-0.4, -0.2) is 17.3 Å². The molecule has 0 N–H and O–H groups in total. The number of rotatable bonds is 2. The van der Waals surface area contributed by atoms with E-state index in [2.05, 4.69) is 80.9 Å². The van der Waals surface area contributed by atoms with E-state index in [0.29, 0.717) is 0 Å². The maximum absolute atomic E-state index is 2.34. The molecular weight excluding hydrogens is 242 g/mol. The van der Waals surface area contributed by atoms with Crippen molar-refractivity contribution in [2.24, 2.45) is 0 Å². The second-order valence-electron chi connectivity index (χ2n) is 6.10. The first-order valence-electron chi connectivity index (χ1n) is 7.35. The second kappa shape index (κ2) is 4.59. The van der Waals surface area contributed by atoms with Gasteiger partial charge in [0, 0.05) is 17.2 Å². The van der Waals surface area contributed by atoms with Crippen molar-refractivity contribution in [3.63, 3.8) is 0 Å². The number of benzene rings is 2. The highest BCUT2D eigenvalue weighted by molar-refractivity contribution is 6.07. The van der Waals surface area contributed by atoms with Gasteiger partial charge < -0.3 is 0 Å². The van der Waals surface area contributed by atoms with Crippen LogP contribution in [0.3, 0.4) is 0 Å². The van der Waals surface area contributed by atoms with Gasteiger partial charge in [-0.2, -0.15) is 4.58 Å². The van der Waals surface area contributed by atoms with Crippen LogP contribution in [0.1, 0.15) is 37.5 Å². The van der Waals surface area contributed by atoms with Crippen molar-refractivity contribution < 1.29 is 4.58 Å². The molecule has 0 atom stereocenters. The van der Waals surface area contributed by atoms with Gasteiger partial charge in [0.05, 0.1) is 5.41 Å². The van der Waals surface area contributed by atoms with Crippen molar-refractivity contribution >= 4 is 11.4 Å². The third-order valence-electron chi connectivity index (χ3n) is 4.50. The molecule has 3 rings (SSSR count). The predicted molar refractivity (Wildman–Crippen MR) is 85.2 cm³/mol. The molecule has 2 aromatic carbocycles. The van der Waals surface area contributed by atoms with E-state index in [9.17, 15) is 0 Å². The van der Waals surface area contributed by atoms with Crippen molar-refractivity contribution in [3.05, 3.63) is 65.2 Å². The van der Waals surface area contributed by atoms with Crippen LogP contribution >= 0.6 is 0 Å². The van der Waals surface area contributed by atoms with E-state index >= 15 is 0 Å². The lowest BCUT2D eigenvalue weighted by Crippen LogP contribution is -2.29. The number of para-hydroxylation sites is 1. The van der Waals surface area contributed by atoms with Crippen molar-refractivity contribution in [1.29, 1.82) is 0 Å². The molecule has 1 heterocycles. The van der Waals surface area contributed by atoms with E-state index in [4.69, 9.17) is 0 Å². The standard InChI is InChI=1S/C19H22N/c1-5-14-10-12-15(13-11-14)18-19(2,3)16-8-6-7-9-17(16)20(18)4/h6-13H,5H2,1-4H3/q+1. The van der Waals surface area contributed by atoms with E-state index in [1.54, 1.807) is 0 Å². The fraction of sp³-hybridized carbons (Fsp3) is 0.316. The van der Waals surface area contributed by atoms with Gasteiger partial charge in [-0.1, -0.05) is 37.3 Å². The molecule has 1 heteroatoms. The molecule has 102 valence electrons. The van der Waals surface area contributed by atoms with Crippen LogP contribution in [-0.2, 0) is 11.8 Å². The van der Waals surface area contributed by atoms with Gasteiger partial charge in [-0.15, -0.1) is 0 Å². The molecule has 0 spiro atoms. The molecule has 0 fully saturated rings. The van der Waals surface area contributed by atoms with Crippen molar-refractivity contribution in [2.75, 3.05) is 7.05 Å². The van der Waals surface area contributed by atoms with Crippen LogP contribution in [0.15, 0.2) is 48.5 Å². The highest BCUT2D eigenvalue weighted by atomic mass is 15.0. The molecule has 0 saturated heterocycles. The van der Waals surface area contributed by atoms with Crippen LogP contribution in [0, 0.1) is 0 Å². The fourth-order valence-corrected chi connectivity index (χ4v) is 3.41. The lowest BCUT2D eigenvalue weighted by atomic mass is 9.79. The Balaban J connectivity index is 2.16. The Morgan fingerprint density at radius 1 is 0.950 bits per heavy atom. The molecule has 0 amide bonds. The SMILES string of the molecule is CCc1ccc(C2=[N+](C)c3ccccc3C2(C)C)cc1. The maximum Gasteiger partial charge on any atom is 0.209 e. The summed E-state index contributed by atoms with van der Waals surface area (Å²) in [5.74, 6) is 0. The molecule has 0 aliphatic carbocycles. The van der Waals surface area contributed by atoms with Gasteiger partial charge in [0.15, 0.2) is 5.71 Å². The molecule has 0 unspecified atom stereocenters. The summed E-state index contributed by atoms with van der Waals surface area (Å²) >= 11 is 0. The highest BCUT2D eigenvalue weighted by Crippen LogP contribution is 2.40. The normalized spacial score (nSPS) is 16.4. The van der Waals surface area contributed by atoms with E-state index in [-0.39, 0.29) is 5.41 Å². The molecule has 1 nitrogen and oxygen atoms in total. The Morgan fingerprint density at radius 3 is 2.20 bits per heavy atom. The fourth-order valence-electron chi connectivity index (χ4n) is 3.41. The van der Waals surface area contributed by atoms with Crippen LogP contribution in [0.2, 0.25) is 0 Å². The average molecular weight is 264 g/mol. The Bertz CT molecular complexity index is 675. The average Bonchev–Trinajstić information content (AvgIpc) is 2.67. The zero-order chi connectivity index (χ0) is 14.3. The Labute approximate surface area is 121 Å². The summed E-state index contributed by atoms with van der Waals surface area (Å²) in [5, 5.41) is 0. The van der Waals surface area contributed by atoms with Gasteiger partial charge in [-0.25, -0.2) is 0 Å². The summed E-state index contributed by atoms with van der Waals surface area (Å²) < 4.78 is 2.34. The summed E-state index contributed by atoms with van der Waals surface area (Å²) in [6.07, 6.45) is 1.09. The largest absolute Gasteiger partial charge is 0.209 e. The topological polar surface area (TPSA) is 3.01 Å². The number of fused-ring (bicyclic) bond motifs is 1. The van der Waals surface area contributed by atoms with Crippen LogP contribution in [0.4, 0.5) is 5.69 Å². The van der Waals surface area contributed by atoms with Gasteiger partial charge in [0.25, 0.3) is 0 Å². The van der Waals surface area contributed by atoms with E-state index in [0.717, 1.165) is 6.42 Å². The molecule has 0 bridgehead atoms. The summed E-state index contributed by atoms with van der Waals surface area (Å²) in [5.41, 5.74) is 6.90. The first-order valence-corrected chi connectivity index (χ1v) is 7.35. The van der Waals surface area contributed by atoms with Gasteiger partial charge in [-0.05, 0) is 38.0 Å². The van der Waals surface area contributed by atoms with E-state index in [1.807, 2.05) is 0 Å². The van der Waals surface area contributed by atoms with Crippen molar-refractivity contribution in [2.45, 2.75) is 32.6 Å². The lowest BCUT2D eigenvalue weighted by Gasteiger charge is -2.17. The zero-order valence-corrected chi connectivity index (χ0v) is 12.8. The van der Waals surface area contributed by atoms with Gasteiger partial charge >= 0.3 is 0 Å². The first-order chi connectivity index (χ1) is 9.55. The Hall–Kier alpha value is -1.89. The number of hydrogen-bond acceptors (Lipinski definition) is 0. The monoisotopic (exact) mass is 264 g/mol. The third-order valence-corrected chi connectivity index (χ3v) is 4.50. The molecule has 2 aromatic rings. The minimum atomic E-state index is 0.0546. The van der Waals surface area contributed by atoms with Crippen molar-refractivity contribution in [3.8, 4) is 0 Å². The highest BCUT2D eigenvalue weighted by Gasteiger charge is 2.44. The maximum atomic E-state index is 2.34. The van der Waals surface area contributed by atoms with Crippen LogP contribution < -0.4 is 0 Å². The molecule has 0 aromatic heterocycles. The lowest BCUT2D eigenvalue weighted by molar-refractivity contribution is -0.401. The quantitative estimate of drug-likeness (QED) is 0.711. The van der Waals surface area contributed by atoms with Crippen LogP contribution in [0.25, 0.3) is 0 Å². The molecule has 20 heavy (non-hydrogen) atoms. The number of hydrogen-bond donors (Lipinski definition) is 0. The Morgan fingerprint density at radius 2 is 1.60 bits per heavy atom. The van der Waals surface area contributed by atoms with Crippen LogP contribution in [0.5, 0.6) is 0 Å². The Kier molecular flexibility index (Phi) is 3.01. The minimum Gasteiger partial charge on any atom is -0.197 e. The zero-order valence-electron chi connectivity index (χ0n) is 12.8. The summed E-state index contributed by atoms with van der Waals surface area (Å²) in [6, 6.07) is 17.7. The van der Waals surface area contributed by atoms with Gasteiger partial charge in [-0.3, -0.25) is 0 Å². The summed E-state index contributed by atoms with van der Waals surface area (Å²) in [4.78, 5) is 0. The van der Waals surface area contributed by atoms with Gasteiger partial charge in [0.1, 0.15) is 7.05 Å². The number of aryl methyl sites for hydroxylation is 1. The number of nitrogens with zero attached hydrogens (tertiary/aromatic N) is 1. The molecule has 1 aliphatic heterocycles. The third kappa shape index (κ3) is 1.81. The van der Waals surface area contributed by atoms with E-state index < -0.39 is 0 Å². The molecular formula is C19H22N+. The molecule has 0 radical (unpaired) electrons. The minimum absolute atomic E-state index is 0.0546. The summed E-state index contributed by atoms with van der Waals surface area (Å²) in [7, 11) is 2.18.